The molecule has 1 aromatic heterocycles. The molecular formula is C25H24ClN5O4. The summed E-state index contributed by atoms with van der Waals surface area (Å²) in [4.78, 5) is 33.8. The van der Waals surface area contributed by atoms with Gasteiger partial charge in [-0.1, -0.05) is 23.7 Å². The van der Waals surface area contributed by atoms with Crippen LogP contribution in [0.1, 0.15) is 15.9 Å². The molecule has 0 atom stereocenters. The zero-order valence-corrected chi connectivity index (χ0v) is 19.6. The highest BCUT2D eigenvalue weighted by Crippen LogP contribution is 2.33. The fraction of sp³-hybridized carbons (Fsp3) is 0.240. The third-order valence-corrected chi connectivity index (χ3v) is 6.15. The minimum Gasteiger partial charge on any atom is -0.454 e. The Bertz CT molecular complexity index is 1230. The van der Waals surface area contributed by atoms with Crippen LogP contribution in [0.15, 0.2) is 60.8 Å². The van der Waals surface area contributed by atoms with Crippen molar-refractivity contribution >= 4 is 35.0 Å². The molecule has 5 rings (SSSR count). The first-order valence-corrected chi connectivity index (χ1v) is 11.6. The summed E-state index contributed by atoms with van der Waals surface area (Å²) in [6.45, 7) is 2.86. The van der Waals surface area contributed by atoms with E-state index in [0.717, 1.165) is 5.56 Å². The van der Waals surface area contributed by atoms with E-state index < -0.39 is 0 Å². The summed E-state index contributed by atoms with van der Waals surface area (Å²) in [6.07, 6.45) is 1.69. The number of fused-ring (bicyclic) bond motifs is 1. The molecular weight excluding hydrogens is 470 g/mol. The molecule has 0 aliphatic carbocycles. The number of carbonyl (C=O) groups is 2. The summed E-state index contributed by atoms with van der Waals surface area (Å²) in [7, 11) is 0. The van der Waals surface area contributed by atoms with Gasteiger partial charge in [0.25, 0.3) is 5.91 Å². The standard InChI is InChI=1S/C25H24ClN5O4/c26-19-6-3-17(4-7-19)15-28-25(33)31-12-10-30(11-13-31)23-20(2-1-9-27-23)29-24(32)18-5-8-21-22(14-18)35-16-34-21/h1-9,14H,10-13,15-16H2,(H,28,33)(H,29,32). The average molecular weight is 494 g/mol. The molecule has 9 nitrogen and oxygen atoms in total. The number of benzene rings is 2. The van der Waals surface area contributed by atoms with Gasteiger partial charge >= 0.3 is 6.03 Å². The van der Waals surface area contributed by atoms with Gasteiger partial charge in [-0.15, -0.1) is 0 Å². The highest BCUT2D eigenvalue weighted by molar-refractivity contribution is 6.30. The summed E-state index contributed by atoms with van der Waals surface area (Å²) >= 11 is 5.91. The van der Waals surface area contributed by atoms with Crippen LogP contribution in [0.4, 0.5) is 16.3 Å². The highest BCUT2D eigenvalue weighted by atomic mass is 35.5. The van der Waals surface area contributed by atoms with Crippen molar-refractivity contribution in [2.24, 2.45) is 0 Å². The van der Waals surface area contributed by atoms with Gasteiger partial charge in [0, 0.05) is 49.5 Å². The molecule has 2 aliphatic rings. The second-order valence-corrected chi connectivity index (χ2v) is 8.59. The largest absolute Gasteiger partial charge is 0.454 e. The maximum Gasteiger partial charge on any atom is 0.317 e. The number of hydrogen-bond donors (Lipinski definition) is 2. The van der Waals surface area contributed by atoms with Crippen LogP contribution in [0, 0.1) is 0 Å². The molecule has 180 valence electrons. The van der Waals surface area contributed by atoms with Crippen molar-refractivity contribution in [2.75, 3.05) is 43.2 Å². The van der Waals surface area contributed by atoms with E-state index in [0.29, 0.717) is 66.3 Å². The number of hydrogen-bond acceptors (Lipinski definition) is 6. The van der Waals surface area contributed by atoms with Gasteiger partial charge in [0.05, 0.1) is 5.69 Å². The molecule has 3 heterocycles. The molecule has 0 bridgehead atoms. The molecule has 1 saturated heterocycles. The summed E-state index contributed by atoms with van der Waals surface area (Å²) in [5.74, 6) is 1.58. The molecule has 10 heteroatoms. The maximum atomic E-state index is 12.9. The molecule has 0 saturated carbocycles. The molecule has 3 aromatic rings. The van der Waals surface area contributed by atoms with Gasteiger partial charge in [0.15, 0.2) is 17.3 Å². The van der Waals surface area contributed by atoms with E-state index in [1.54, 1.807) is 47.5 Å². The molecule has 0 spiro atoms. The molecule has 0 unspecified atom stereocenters. The van der Waals surface area contributed by atoms with E-state index >= 15 is 0 Å². The minimum absolute atomic E-state index is 0.114. The number of piperazine rings is 1. The zero-order chi connectivity index (χ0) is 24.2. The van der Waals surface area contributed by atoms with E-state index in [2.05, 4.69) is 20.5 Å². The van der Waals surface area contributed by atoms with Crippen molar-refractivity contribution in [1.82, 2.24) is 15.2 Å². The van der Waals surface area contributed by atoms with Crippen LogP contribution >= 0.6 is 11.6 Å². The Morgan fingerprint density at radius 1 is 0.971 bits per heavy atom. The minimum atomic E-state index is -0.266. The number of pyridine rings is 1. The molecule has 2 aromatic carbocycles. The smallest absolute Gasteiger partial charge is 0.317 e. The summed E-state index contributed by atoms with van der Waals surface area (Å²) < 4.78 is 10.7. The van der Waals surface area contributed by atoms with Gasteiger partial charge in [-0.05, 0) is 48.0 Å². The monoisotopic (exact) mass is 493 g/mol. The summed E-state index contributed by atoms with van der Waals surface area (Å²) in [5.41, 5.74) is 2.06. The van der Waals surface area contributed by atoms with E-state index in [4.69, 9.17) is 21.1 Å². The lowest BCUT2D eigenvalue weighted by atomic mass is 10.2. The van der Waals surface area contributed by atoms with Crippen LogP contribution in [-0.2, 0) is 6.54 Å². The second-order valence-electron chi connectivity index (χ2n) is 8.16. The number of urea groups is 1. The van der Waals surface area contributed by atoms with Gasteiger partial charge in [-0.25, -0.2) is 9.78 Å². The van der Waals surface area contributed by atoms with E-state index in [1.165, 1.54) is 0 Å². The van der Waals surface area contributed by atoms with Crippen molar-refractivity contribution in [1.29, 1.82) is 0 Å². The Hall–Kier alpha value is -3.98. The van der Waals surface area contributed by atoms with Crippen LogP contribution in [-0.4, -0.2) is 54.8 Å². The number of ether oxygens (including phenoxy) is 2. The quantitative estimate of drug-likeness (QED) is 0.562. The second kappa shape index (κ2) is 10.1. The number of halogens is 1. The topological polar surface area (TPSA) is 96.0 Å². The number of nitrogens with one attached hydrogen (secondary N) is 2. The van der Waals surface area contributed by atoms with Crippen molar-refractivity contribution in [3.05, 3.63) is 76.9 Å². The van der Waals surface area contributed by atoms with Gasteiger partial charge in [0.2, 0.25) is 6.79 Å². The van der Waals surface area contributed by atoms with Gasteiger partial charge < -0.3 is 29.9 Å². The lowest BCUT2D eigenvalue weighted by Gasteiger charge is -2.36. The van der Waals surface area contributed by atoms with Crippen LogP contribution in [0.2, 0.25) is 5.02 Å². The Labute approximate surface area is 207 Å². The number of aromatic nitrogens is 1. The lowest BCUT2D eigenvalue weighted by Crippen LogP contribution is -2.52. The Balaban J connectivity index is 1.18. The molecule has 1 fully saturated rings. The number of amides is 3. The Morgan fingerprint density at radius 3 is 2.54 bits per heavy atom. The third kappa shape index (κ3) is 5.25. The Kier molecular flexibility index (Phi) is 6.58. The van der Waals surface area contributed by atoms with Crippen molar-refractivity contribution in [2.45, 2.75) is 6.54 Å². The summed E-state index contributed by atoms with van der Waals surface area (Å²) in [5, 5.41) is 6.56. The number of anilines is 2. The number of carbonyl (C=O) groups excluding carboxylic acids is 2. The van der Waals surface area contributed by atoms with Crippen molar-refractivity contribution in [3.8, 4) is 11.5 Å². The first-order chi connectivity index (χ1) is 17.1. The van der Waals surface area contributed by atoms with Gasteiger partial charge in [-0.2, -0.15) is 0 Å². The number of rotatable bonds is 5. The predicted octanol–water partition coefficient (Wildman–Crippen LogP) is 3.75. The van der Waals surface area contributed by atoms with Crippen LogP contribution in [0.3, 0.4) is 0 Å². The number of nitrogens with zero attached hydrogens (tertiary/aromatic N) is 3. The highest BCUT2D eigenvalue weighted by Gasteiger charge is 2.24. The molecule has 0 radical (unpaired) electrons. The SMILES string of the molecule is O=C(Nc1cccnc1N1CCN(C(=O)NCc2ccc(Cl)cc2)CC1)c1ccc2c(c1)OCO2. The molecule has 2 aliphatic heterocycles. The van der Waals surface area contributed by atoms with Gasteiger partial charge in [-0.3, -0.25) is 4.79 Å². The van der Waals surface area contributed by atoms with E-state index in [-0.39, 0.29) is 18.7 Å². The molecule has 3 amide bonds. The fourth-order valence-electron chi connectivity index (χ4n) is 3.99. The zero-order valence-electron chi connectivity index (χ0n) is 18.9. The average Bonchev–Trinajstić information content (AvgIpc) is 3.37. The first-order valence-electron chi connectivity index (χ1n) is 11.2. The van der Waals surface area contributed by atoms with Crippen LogP contribution in [0.5, 0.6) is 11.5 Å². The molecule has 35 heavy (non-hydrogen) atoms. The predicted molar refractivity (Wildman–Crippen MR) is 132 cm³/mol. The Morgan fingerprint density at radius 2 is 1.74 bits per heavy atom. The van der Waals surface area contributed by atoms with E-state index in [1.807, 2.05) is 18.2 Å². The van der Waals surface area contributed by atoms with E-state index in [9.17, 15) is 9.59 Å². The normalized spacial score (nSPS) is 14.5. The molecule has 2 N–H and O–H groups in total. The van der Waals surface area contributed by atoms with Crippen molar-refractivity contribution < 1.29 is 19.1 Å². The van der Waals surface area contributed by atoms with Crippen LogP contribution in [0.25, 0.3) is 0 Å². The third-order valence-electron chi connectivity index (χ3n) is 5.89. The lowest BCUT2D eigenvalue weighted by molar-refractivity contribution is 0.102. The fourth-order valence-corrected chi connectivity index (χ4v) is 4.12. The van der Waals surface area contributed by atoms with Gasteiger partial charge in [0.1, 0.15) is 0 Å². The van der Waals surface area contributed by atoms with Crippen LogP contribution < -0.4 is 25.0 Å². The van der Waals surface area contributed by atoms with Crippen molar-refractivity contribution in [3.63, 3.8) is 0 Å². The maximum absolute atomic E-state index is 12.9. The summed E-state index contributed by atoms with van der Waals surface area (Å²) in [6, 6.07) is 15.9. The first kappa shape index (κ1) is 22.8.